The molecule has 1 aromatic rings. The Morgan fingerprint density at radius 1 is 1.21 bits per heavy atom. The molecule has 0 aliphatic carbocycles. The quantitative estimate of drug-likeness (QED) is 0.843. The second-order valence-corrected chi connectivity index (χ2v) is 4.78. The molecule has 4 nitrogen and oxygen atoms in total. The highest BCUT2D eigenvalue weighted by Crippen LogP contribution is 2.18. The molecule has 0 radical (unpaired) electrons. The maximum Gasteiger partial charge on any atom is 0.330 e. The number of amides is 1. The van der Waals surface area contributed by atoms with E-state index in [0.29, 0.717) is 23.4 Å². The molecule has 0 heterocycles. The van der Waals surface area contributed by atoms with Crippen LogP contribution in [0.3, 0.4) is 0 Å². The third-order valence-electron chi connectivity index (χ3n) is 3.09. The highest BCUT2D eigenvalue weighted by Gasteiger charge is 2.24. The molecule has 1 amide bonds. The lowest BCUT2D eigenvalue weighted by Crippen LogP contribution is -2.37. The molecule has 0 saturated carbocycles. The zero-order valence-electron chi connectivity index (χ0n) is 11.0. The molecule has 0 aliphatic heterocycles. The number of carbonyl (C=O) groups is 2. The van der Waals surface area contributed by atoms with Crippen LogP contribution < -0.4 is 5.32 Å². The molecule has 0 aliphatic rings. The lowest BCUT2D eigenvalue weighted by molar-refractivity contribution is -0.142. The van der Waals surface area contributed by atoms with Gasteiger partial charge in [0.25, 0.3) is 0 Å². The van der Waals surface area contributed by atoms with Crippen LogP contribution in [-0.2, 0) is 9.59 Å². The van der Waals surface area contributed by atoms with Crippen LogP contribution >= 0.6 is 11.6 Å². The number of carboxylic acids is 1. The fourth-order valence-electron chi connectivity index (χ4n) is 1.86. The first-order valence-corrected chi connectivity index (χ1v) is 6.66. The SMILES string of the molecule is CCC(CC)C(=O)NC(C(=O)O)c1ccc(Cl)cc1. The van der Waals surface area contributed by atoms with Gasteiger partial charge < -0.3 is 10.4 Å². The third kappa shape index (κ3) is 4.24. The van der Waals surface area contributed by atoms with Crippen LogP contribution in [0.4, 0.5) is 0 Å². The number of hydrogen-bond acceptors (Lipinski definition) is 2. The largest absolute Gasteiger partial charge is 0.479 e. The number of hydrogen-bond donors (Lipinski definition) is 2. The number of carboxylic acid groups (broad SMARTS) is 1. The maximum absolute atomic E-state index is 12.0. The minimum atomic E-state index is -1.08. The van der Waals surface area contributed by atoms with Crippen molar-refractivity contribution in [1.29, 1.82) is 0 Å². The lowest BCUT2D eigenvalue weighted by atomic mass is 10.0. The summed E-state index contributed by atoms with van der Waals surface area (Å²) in [4.78, 5) is 23.2. The normalized spacial score (nSPS) is 12.2. The second-order valence-electron chi connectivity index (χ2n) is 4.34. The highest BCUT2D eigenvalue weighted by molar-refractivity contribution is 6.30. The number of carbonyl (C=O) groups excluding carboxylic acids is 1. The van der Waals surface area contributed by atoms with Gasteiger partial charge in [0.2, 0.25) is 5.91 Å². The van der Waals surface area contributed by atoms with Crippen molar-refractivity contribution in [3.05, 3.63) is 34.9 Å². The van der Waals surface area contributed by atoms with E-state index in [1.165, 1.54) is 0 Å². The van der Waals surface area contributed by atoms with Crippen LogP contribution in [0.15, 0.2) is 24.3 Å². The van der Waals surface area contributed by atoms with Crippen molar-refractivity contribution in [1.82, 2.24) is 5.32 Å². The van der Waals surface area contributed by atoms with E-state index in [1.807, 2.05) is 13.8 Å². The molecule has 0 aromatic heterocycles. The van der Waals surface area contributed by atoms with Crippen LogP contribution in [0.5, 0.6) is 0 Å². The third-order valence-corrected chi connectivity index (χ3v) is 3.35. The fraction of sp³-hybridized carbons (Fsp3) is 0.429. The Kier molecular flexibility index (Phi) is 5.83. The van der Waals surface area contributed by atoms with Gasteiger partial charge in [0.1, 0.15) is 0 Å². The van der Waals surface area contributed by atoms with E-state index in [2.05, 4.69) is 5.32 Å². The molecule has 0 saturated heterocycles. The van der Waals surface area contributed by atoms with E-state index in [-0.39, 0.29) is 11.8 Å². The van der Waals surface area contributed by atoms with Gasteiger partial charge in [0.05, 0.1) is 0 Å². The predicted octanol–water partition coefficient (Wildman–Crippen LogP) is 3.02. The molecule has 1 unspecified atom stereocenters. The summed E-state index contributed by atoms with van der Waals surface area (Å²) in [5, 5.41) is 12.3. The van der Waals surface area contributed by atoms with Crippen molar-refractivity contribution in [2.45, 2.75) is 32.7 Å². The van der Waals surface area contributed by atoms with E-state index >= 15 is 0 Å². The molecule has 104 valence electrons. The molecule has 1 rings (SSSR count). The van der Waals surface area contributed by atoms with Gasteiger partial charge in [-0.1, -0.05) is 37.6 Å². The van der Waals surface area contributed by atoms with Crippen LogP contribution in [0.2, 0.25) is 5.02 Å². The Morgan fingerprint density at radius 2 is 1.74 bits per heavy atom. The van der Waals surface area contributed by atoms with E-state index in [0.717, 1.165) is 0 Å². The zero-order valence-corrected chi connectivity index (χ0v) is 11.8. The van der Waals surface area contributed by atoms with Crippen molar-refractivity contribution in [2.75, 3.05) is 0 Å². The Balaban J connectivity index is 2.87. The van der Waals surface area contributed by atoms with Crippen LogP contribution in [0.25, 0.3) is 0 Å². The Morgan fingerprint density at radius 3 is 2.16 bits per heavy atom. The van der Waals surface area contributed by atoms with Gasteiger partial charge in [-0.15, -0.1) is 0 Å². The van der Waals surface area contributed by atoms with Crippen LogP contribution in [0.1, 0.15) is 38.3 Å². The summed E-state index contributed by atoms with van der Waals surface area (Å²) in [7, 11) is 0. The number of halogens is 1. The van der Waals surface area contributed by atoms with Crippen LogP contribution in [-0.4, -0.2) is 17.0 Å². The fourth-order valence-corrected chi connectivity index (χ4v) is 1.99. The van der Waals surface area contributed by atoms with Crippen molar-refractivity contribution in [3.63, 3.8) is 0 Å². The Labute approximate surface area is 117 Å². The average Bonchev–Trinajstić information content (AvgIpc) is 2.38. The van der Waals surface area contributed by atoms with Gasteiger partial charge in [-0.3, -0.25) is 4.79 Å². The van der Waals surface area contributed by atoms with Crippen molar-refractivity contribution in [3.8, 4) is 0 Å². The lowest BCUT2D eigenvalue weighted by Gasteiger charge is -2.18. The smallest absolute Gasteiger partial charge is 0.330 e. The molecule has 0 bridgehead atoms. The topological polar surface area (TPSA) is 66.4 Å². The number of aliphatic carboxylic acids is 1. The summed E-state index contributed by atoms with van der Waals surface area (Å²) < 4.78 is 0. The van der Waals surface area contributed by atoms with Crippen molar-refractivity contribution >= 4 is 23.5 Å². The van der Waals surface area contributed by atoms with E-state index in [4.69, 9.17) is 11.6 Å². The van der Waals surface area contributed by atoms with E-state index < -0.39 is 12.0 Å². The molecule has 19 heavy (non-hydrogen) atoms. The van der Waals surface area contributed by atoms with Gasteiger partial charge in [0.15, 0.2) is 6.04 Å². The Hall–Kier alpha value is -1.55. The summed E-state index contributed by atoms with van der Waals surface area (Å²) in [6.45, 7) is 3.82. The molecule has 0 fully saturated rings. The summed E-state index contributed by atoms with van der Waals surface area (Å²) in [6, 6.07) is 5.39. The Bertz CT molecular complexity index is 441. The minimum absolute atomic E-state index is 0.158. The first-order valence-electron chi connectivity index (χ1n) is 6.28. The van der Waals surface area contributed by atoms with Crippen molar-refractivity contribution in [2.24, 2.45) is 5.92 Å². The molecular weight excluding hydrogens is 266 g/mol. The molecule has 2 N–H and O–H groups in total. The summed E-state index contributed by atoms with van der Waals surface area (Å²) in [6.07, 6.45) is 1.38. The zero-order chi connectivity index (χ0) is 14.4. The molecule has 1 atom stereocenters. The molecular formula is C14H18ClNO3. The molecule has 1 aromatic carbocycles. The van der Waals surface area contributed by atoms with Crippen LogP contribution in [0, 0.1) is 5.92 Å². The van der Waals surface area contributed by atoms with Gasteiger partial charge in [-0.25, -0.2) is 4.79 Å². The first-order chi connectivity index (χ1) is 8.99. The van der Waals surface area contributed by atoms with Gasteiger partial charge in [-0.05, 0) is 30.5 Å². The number of rotatable bonds is 6. The highest BCUT2D eigenvalue weighted by atomic mass is 35.5. The first kappa shape index (κ1) is 15.5. The molecule has 5 heteroatoms. The van der Waals surface area contributed by atoms with Gasteiger partial charge in [0, 0.05) is 10.9 Å². The summed E-state index contributed by atoms with van der Waals surface area (Å²) in [5.74, 6) is -1.47. The van der Waals surface area contributed by atoms with E-state index in [9.17, 15) is 14.7 Å². The minimum Gasteiger partial charge on any atom is -0.479 e. The standard InChI is InChI=1S/C14H18ClNO3/c1-3-9(4-2)13(17)16-12(14(18)19)10-5-7-11(15)8-6-10/h5-9,12H,3-4H2,1-2H3,(H,16,17)(H,18,19). The molecule has 0 spiro atoms. The monoisotopic (exact) mass is 283 g/mol. The maximum atomic E-state index is 12.0. The number of nitrogens with one attached hydrogen (secondary N) is 1. The number of benzene rings is 1. The van der Waals surface area contributed by atoms with Gasteiger partial charge >= 0.3 is 5.97 Å². The van der Waals surface area contributed by atoms with Gasteiger partial charge in [-0.2, -0.15) is 0 Å². The average molecular weight is 284 g/mol. The predicted molar refractivity (Wildman–Crippen MR) is 74.0 cm³/mol. The van der Waals surface area contributed by atoms with E-state index in [1.54, 1.807) is 24.3 Å². The van der Waals surface area contributed by atoms with Crippen molar-refractivity contribution < 1.29 is 14.7 Å². The second kappa shape index (κ2) is 7.14. The summed E-state index contributed by atoms with van der Waals surface area (Å²) in [5.41, 5.74) is 0.510. The summed E-state index contributed by atoms with van der Waals surface area (Å²) >= 11 is 5.76.